The predicted octanol–water partition coefficient (Wildman–Crippen LogP) is 3.11. The predicted molar refractivity (Wildman–Crippen MR) is 73.6 cm³/mol. The van der Waals surface area contributed by atoms with Crippen LogP contribution in [-0.2, 0) is 4.74 Å². The van der Waals surface area contributed by atoms with Gasteiger partial charge in [0.25, 0.3) is 0 Å². The lowest BCUT2D eigenvalue weighted by Crippen LogP contribution is -2.19. The molecule has 2 nitrogen and oxygen atoms in total. The highest BCUT2D eigenvalue weighted by molar-refractivity contribution is 5.29. The van der Waals surface area contributed by atoms with Crippen LogP contribution in [0.4, 0.5) is 0 Å². The molecule has 1 aromatic rings. The molecule has 1 N–H and O–H groups in total. The van der Waals surface area contributed by atoms with Crippen LogP contribution in [0.25, 0.3) is 0 Å². The van der Waals surface area contributed by atoms with Crippen LogP contribution in [0.1, 0.15) is 36.8 Å². The van der Waals surface area contributed by atoms with Gasteiger partial charge in [-0.3, -0.25) is 0 Å². The van der Waals surface area contributed by atoms with E-state index < -0.39 is 0 Å². The van der Waals surface area contributed by atoms with E-state index in [-0.39, 0.29) is 0 Å². The second kappa shape index (κ2) is 8.26. The standard InChI is InChI=1S/C15H25NO/c1-4-10-17-11-9-14(12-16-3)15-8-6-5-7-13(15)2/h5-8,14,16H,4,9-12H2,1-3H3. The Balaban J connectivity index is 2.56. The minimum Gasteiger partial charge on any atom is -0.381 e. The summed E-state index contributed by atoms with van der Waals surface area (Å²) in [5.41, 5.74) is 2.82. The van der Waals surface area contributed by atoms with E-state index in [4.69, 9.17) is 4.74 Å². The first-order valence-corrected chi connectivity index (χ1v) is 6.57. The number of nitrogens with one attached hydrogen (secondary N) is 1. The van der Waals surface area contributed by atoms with E-state index in [1.807, 2.05) is 7.05 Å². The van der Waals surface area contributed by atoms with E-state index >= 15 is 0 Å². The molecule has 0 aliphatic carbocycles. The monoisotopic (exact) mass is 235 g/mol. The third-order valence-corrected chi connectivity index (χ3v) is 3.04. The molecule has 2 heteroatoms. The van der Waals surface area contributed by atoms with Crippen LogP contribution in [0.3, 0.4) is 0 Å². The number of aryl methyl sites for hydroxylation is 1. The second-order valence-corrected chi connectivity index (χ2v) is 4.51. The first-order valence-electron chi connectivity index (χ1n) is 6.57. The van der Waals surface area contributed by atoms with Crippen molar-refractivity contribution in [2.24, 2.45) is 0 Å². The highest BCUT2D eigenvalue weighted by atomic mass is 16.5. The van der Waals surface area contributed by atoms with Gasteiger partial charge in [-0.15, -0.1) is 0 Å². The molecule has 1 rings (SSSR count). The van der Waals surface area contributed by atoms with Crippen LogP contribution >= 0.6 is 0 Å². The van der Waals surface area contributed by atoms with Gasteiger partial charge in [0.2, 0.25) is 0 Å². The largest absolute Gasteiger partial charge is 0.381 e. The smallest absolute Gasteiger partial charge is 0.0472 e. The van der Waals surface area contributed by atoms with Gasteiger partial charge in [0.05, 0.1) is 0 Å². The summed E-state index contributed by atoms with van der Waals surface area (Å²) in [6, 6.07) is 8.64. The van der Waals surface area contributed by atoms with Gasteiger partial charge in [-0.2, -0.15) is 0 Å². The van der Waals surface area contributed by atoms with Crippen LogP contribution < -0.4 is 5.32 Å². The van der Waals surface area contributed by atoms with Crippen LogP contribution in [-0.4, -0.2) is 26.8 Å². The second-order valence-electron chi connectivity index (χ2n) is 4.51. The zero-order valence-electron chi connectivity index (χ0n) is 11.3. The molecule has 17 heavy (non-hydrogen) atoms. The van der Waals surface area contributed by atoms with Crippen molar-refractivity contribution in [1.82, 2.24) is 5.32 Å². The van der Waals surface area contributed by atoms with Crippen LogP contribution in [0.15, 0.2) is 24.3 Å². The van der Waals surface area contributed by atoms with Crippen molar-refractivity contribution in [2.45, 2.75) is 32.6 Å². The minimum absolute atomic E-state index is 0.554. The van der Waals surface area contributed by atoms with Gasteiger partial charge in [-0.05, 0) is 43.9 Å². The maximum atomic E-state index is 5.59. The van der Waals surface area contributed by atoms with E-state index in [1.54, 1.807) is 0 Å². The Bertz CT molecular complexity index is 312. The topological polar surface area (TPSA) is 21.3 Å². The van der Waals surface area contributed by atoms with Crippen LogP contribution in [0, 0.1) is 6.92 Å². The average molecular weight is 235 g/mol. The maximum Gasteiger partial charge on any atom is 0.0472 e. The van der Waals surface area contributed by atoms with Gasteiger partial charge in [-0.1, -0.05) is 31.2 Å². The van der Waals surface area contributed by atoms with Gasteiger partial charge in [0, 0.05) is 19.8 Å². The summed E-state index contributed by atoms with van der Waals surface area (Å²) in [7, 11) is 2.01. The number of rotatable bonds is 8. The van der Waals surface area contributed by atoms with Gasteiger partial charge in [-0.25, -0.2) is 0 Å². The number of ether oxygens (including phenoxy) is 1. The molecular formula is C15H25NO. The Morgan fingerprint density at radius 2 is 2.00 bits per heavy atom. The molecule has 1 unspecified atom stereocenters. The van der Waals surface area contributed by atoms with Gasteiger partial charge < -0.3 is 10.1 Å². The molecular weight excluding hydrogens is 210 g/mol. The molecule has 0 radical (unpaired) electrons. The molecule has 0 saturated carbocycles. The molecule has 0 fully saturated rings. The van der Waals surface area contributed by atoms with Crippen molar-refractivity contribution in [2.75, 3.05) is 26.8 Å². The Hall–Kier alpha value is -0.860. The average Bonchev–Trinajstić information content (AvgIpc) is 2.34. The molecule has 0 bridgehead atoms. The third kappa shape index (κ3) is 4.88. The van der Waals surface area contributed by atoms with Crippen LogP contribution in [0.2, 0.25) is 0 Å². The molecule has 1 atom stereocenters. The van der Waals surface area contributed by atoms with Crippen molar-refractivity contribution in [3.05, 3.63) is 35.4 Å². The van der Waals surface area contributed by atoms with Crippen molar-refractivity contribution < 1.29 is 4.74 Å². The summed E-state index contributed by atoms with van der Waals surface area (Å²) in [5, 5.41) is 3.28. The maximum absolute atomic E-state index is 5.59. The Morgan fingerprint density at radius 3 is 2.65 bits per heavy atom. The SMILES string of the molecule is CCCOCCC(CNC)c1ccccc1C. The third-order valence-electron chi connectivity index (χ3n) is 3.04. The summed E-state index contributed by atoms with van der Waals surface area (Å²) in [4.78, 5) is 0. The Labute approximate surface area is 105 Å². The molecule has 0 heterocycles. The Kier molecular flexibility index (Phi) is 6.90. The zero-order chi connectivity index (χ0) is 12.5. The summed E-state index contributed by atoms with van der Waals surface area (Å²) in [5.74, 6) is 0.554. The fraction of sp³-hybridized carbons (Fsp3) is 0.600. The van der Waals surface area contributed by atoms with Crippen molar-refractivity contribution in [3.8, 4) is 0 Å². The molecule has 0 spiro atoms. The fourth-order valence-corrected chi connectivity index (χ4v) is 2.13. The lowest BCUT2D eigenvalue weighted by atomic mass is 9.92. The van der Waals surface area contributed by atoms with Crippen molar-refractivity contribution >= 4 is 0 Å². The van der Waals surface area contributed by atoms with Crippen molar-refractivity contribution in [3.63, 3.8) is 0 Å². The highest BCUT2D eigenvalue weighted by Crippen LogP contribution is 2.22. The molecule has 0 aliphatic heterocycles. The molecule has 96 valence electrons. The lowest BCUT2D eigenvalue weighted by Gasteiger charge is -2.19. The zero-order valence-corrected chi connectivity index (χ0v) is 11.3. The minimum atomic E-state index is 0.554. The van der Waals surface area contributed by atoms with E-state index in [0.717, 1.165) is 32.6 Å². The highest BCUT2D eigenvalue weighted by Gasteiger charge is 2.12. The molecule has 0 aliphatic rings. The molecule has 0 saturated heterocycles. The summed E-state index contributed by atoms with van der Waals surface area (Å²) in [6.45, 7) is 7.08. The summed E-state index contributed by atoms with van der Waals surface area (Å²) >= 11 is 0. The van der Waals surface area contributed by atoms with Gasteiger partial charge >= 0.3 is 0 Å². The summed E-state index contributed by atoms with van der Waals surface area (Å²) < 4.78 is 5.59. The number of hydrogen-bond donors (Lipinski definition) is 1. The molecule has 0 amide bonds. The van der Waals surface area contributed by atoms with E-state index in [2.05, 4.69) is 43.4 Å². The fourth-order valence-electron chi connectivity index (χ4n) is 2.13. The van der Waals surface area contributed by atoms with Gasteiger partial charge in [0.1, 0.15) is 0 Å². The van der Waals surface area contributed by atoms with E-state index in [0.29, 0.717) is 5.92 Å². The first-order chi connectivity index (χ1) is 8.29. The van der Waals surface area contributed by atoms with E-state index in [1.165, 1.54) is 11.1 Å². The number of hydrogen-bond acceptors (Lipinski definition) is 2. The van der Waals surface area contributed by atoms with E-state index in [9.17, 15) is 0 Å². The lowest BCUT2D eigenvalue weighted by molar-refractivity contribution is 0.127. The Morgan fingerprint density at radius 1 is 1.24 bits per heavy atom. The molecule has 0 aromatic heterocycles. The normalized spacial score (nSPS) is 12.6. The van der Waals surface area contributed by atoms with Gasteiger partial charge in [0.15, 0.2) is 0 Å². The van der Waals surface area contributed by atoms with Crippen LogP contribution in [0.5, 0.6) is 0 Å². The quantitative estimate of drug-likeness (QED) is 0.699. The number of benzene rings is 1. The molecule has 1 aromatic carbocycles. The number of likely N-dealkylation sites (N-methyl/N-ethyl adjacent to an activating group) is 1. The first kappa shape index (κ1) is 14.2. The van der Waals surface area contributed by atoms with Crippen molar-refractivity contribution in [1.29, 1.82) is 0 Å². The summed E-state index contributed by atoms with van der Waals surface area (Å²) in [6.07, 6.45) is 2.19.